The molecule has 0 rings (SSSR count). The van der Waals surface area contributed by atoms with Gasteiger partial charge in [-0.2, -0.15) is 0 Å². The molecular formula is C11H23NO2S. The Labute approximate surface area is 97.0 Å². The van der Waals surface area contributed by atoms with Gasteiger partial charge in [0.25, 0.3) is 0 Å². The highest BCUT2D eigenvalue weighted by Gasteiger charge is 2.14. The highest BCUT2D eigenvalue weighted by atomic mass is 32.2. The van der Waals surface area contributed by atoms with Crippen LogP contribution in [-0.2, 0) is 4.79 Å². The van der Waals surface area contributed by atoms with Crippen LogP contribution in [0.3, 0.4) is 0 Å². The summed E-state index contributed by atoms with van der Waals surface area (Å²) in [4.78, 5) is 11.4. The summed E-state index contributed by atoms with van der Waals surface area (Å²) >= 11 is 1.61. The Balaban J connectivity index is 3.67. The minimum atomic E-state index is -0.450. The summed E-state index contributed by atoms with van der Waals surface area (Å²) in [6.07, 6.45) is -0.450. The maximum absolute atomic E-state index is 11.4. The van der Waals surface area contributed by atoms with Gasteiger partial charge in [0.05, 0.1) is 11.9 Å². The summed E-state index contributed by atoms with van der Waals surface area (Å²) in [5.74, 6) is 0.629. The topological polar surface area (TPSA) is 49.3 Å². The van der Waals surface area contributed by atoms with Crippen LogP contribution < -0.4 is 5.32 Å². The molecule has 1 amide bonds. The van der Waals surface area contributed by atoms with E-state index in [9.17, 15) is 9.90 Å². The smallest absolute Gasteiger partial charge is 0.230 e. The van der Waals surface area contributed by atoms with Gasteiger partial charge in [-0.1, -0.05) is 34.6 Å². The highest BCUT2D eigenvalue weighted by molar-refractivity contribution is 8.01. The lowest BCUT2D eigenvalue weighted by molar-refractivity contribution is -0.119. The number of hydrogen-bond donors (Lipinski definition) is 2. The third-order valence-electron chi connectivity index (χ3n) is 1.91. The number of rotatable bonds is 5. The van der Waals surface area contributed by atoms with Crippen molar-refractivity contribution in [3.8, 4) is 0 Å². The van der Waals surface area contributed by atoms with Crippen molar-refractivity contribution < 1.29 is 9.90 Å². The molecule has 0 saturated heterocycles. The lowest BCUT2D eigenvalue weighted by Gasteiger charge is -2.18. The molecule has 3 nitrogen and oxygen atoms in total. The van der Waals surface area contributed by atoms with Crippen LogP contribution in [0.1, 0.15) is 34.6 Å². The number of carbonyl (C=O) groups is 1. The number of amides is 1. The maximum atomic E-state index is 11.4. The molecule has 0 heterocycles. The average Bonchev–Trinajstić information content (AvgIpc) is 2.09. The van der Waals surface area contributed by atoms with Gasteiger partial charge in [-0.25, -0.2) is 0 Å². The zero-order chi connectivity index (χ0) is 12.1. The first-order valence-corrected chi connectivity index (χ1v) is 6.29. The standard InChI is InChI=1S/C11H23NO2S/c1-8(2)9(13)6-12-10(14)7-15-11(3,4)5/h8-9,13H,6-7H2,1-5H3,(H,12,14)/t9-/m1/s1. The van der Waals surface area contributed by atoms with E-state index in [-0.39, 0.29) is 16.6 Å². The van der Waals surface area contributed by atoms with Gasteiger partial charge in [0.1, 0.15) is 0 Å². The molecule has 0 unspecified atom stereocenters. The summed E-state index contributed by atoms with van der Waals surface area (Å²) in [6, 6.07) is 0. The van der Waals surface area contributed by atoms with Crippen molar-refractivity contribution in [1.29, 1.82) is 0 Å². The lowest BCUT2D eigenvalue weighted by Crippen LogP contribution is -2.36. The molecule has 0 aliphatic rings. The van der Waals surface area contributed by atoms with Crippen molar-refractivity contribution in [3.63, 3.8) is 0 Å². The number of aliphatic hydroxyl groups excluding tert-OH is 1. The molecule has 0 fully saturated rings. The molecule has 2 N–H and O–H groups in total. The highest BCUT2D eigenvalue weighted by Crippen LogP contribution is 2.22. The zero-order valence-corrected chi connectivity index (χ0v) is 11.1. The number of carbonyl (C=O) groups excluding carboxylic acids is 1. The fraction of sp³-hybridized carbons (Fsp3) is 0.909. The van der Waals surface area contributed by atoms with Crippen LogP contribution in [0.25, 0.3) is 0 Å². The third-order valence-corrected chi connectivity index (χ3v) is 3.19. The van der Waals surface area contributed by atoms with E-state index in [1.165, 1.54) is 0 Å². The van der Waals surface area contributed by atoms with Crippen molar-refractivity contribution in [1.82, 2.24) is 5.32 Å². The van der Waals surface area contributed by atoms with Crippen LogP contribution in [-0.4, -0.2) is 34.2 Å². The van der Waals surface area contributed by atoms with E-state index in [0.29, 0.717) is 12.3 Å². The average molecular weight is 233 g/mol. The molecule has 4 heteroatoms. The van der Waals surface area contributed by atoms with Crippen LogP contribution in [0.4, 0.5) is 0 Å². The first-order valence-electron chi connectivity index (χ1n) is 5.31. The molecule has 0 aromatic carbocycles. The van der Waals surface area contributed by atoms with Gasteiger partial charge in [0.15, 0.2) is 0 Å². The molecule has 0 saturated carbocycles. The molecule has 0 aliphatic heterocycles. The van der Waals surface area contributed by atoms with Gasteiger partial charge in [-0.15, -0.1) is 11.8 Å². The normalized spacial score (nSPS) is 14.1. The van der Waals surface area contributed by atoms with Gasteiger partial charge in [-0.3, -0.25) is 4.79 Å². The Morgan fingerprint density at radius 2 is 1.93 bits per heavy atom. The van der Waals surface area contributed by atoms with Gasteiger partial charge < -0.3 is 10.4 Å². The molecule has 0 aromatic rings. The van der Waals surface area contributed by atoms with Crippen LogP contribution in [0.15, 0.2) is 0 Å². The minimum absolute atomic E-state index is 0.00498. The summed E-state index contributed by atoms with van der Waals surface area (Å²) in [7, 11) is 0. The summed E-state index contributed by atoms with van der Waals surface area (Å²) < 4.78 is 0.105. The second-order valence-corrected chi connectivity index (χ2v) is 6.82. The maximum Gasteiger partial charge on any atom is 0.230 e. The predicted octanol–water partition coefficient (Wildman–Crippen LogP) is 1.65. The van der Waals surface area contributed by atoms with E-state index < -0.39 is 6.10 Å². The van der Waals surface area contributed by atoms with E-state index in [1.54, 1.807) is 11.8 Å². The van der Waals surface area contributed by atoms with Crippen LogP contribution in [0.5, 0.6) is 0 Å². The fourth-order valence-electron chi connectivity index (χ4n) is 0.787. The quantitative estimate of drug-likeness (QED) is 0.759. The third kappa shape index (κ3) is 8.75. The molecule has 0 aliphatic carbocycles. The molecule has 0 radical (unpaired) electrons. The summed E-state index contributed by atoms with van der Waals surface area (Å²) in [5.41, 5.74) is 0. The van der Waals surface area contributed by atoms with E-state index in [2.05, 4.69) is 26.1 Å². The Morgan fingerprint density at radius 1 is 1.40 bits per heavy atom. The second-order valence-electron chi connectivity index (χ2n) is 5.02. The van der Waals surface area contributed by atoms with Crippen LogP contribution in [0.2, 0.25) is 0 Å². The Bertz CT molecular complexity index is 199. The van der Waals surface area contributed by atoms with E-state index in [0.717, 1.165) is 0 Å². The van der Waals surface area contributed by atoms with Crippen molar-refractivity contribution in [3.05, 3.63) is 0 Å². The molecule has 1 atom stereocenters. The van der Waals surface area contributed by atoms with Gasteiger partial charge >= 0.3 is 0 Å². The van der Waals surface area contributed by atoms with Crippen LogP contribution in [0, 0.1) is 5.92 Å². The minimum Gasteiger partial charge on any atom is -0.391 e. The molecule has 0 spiro atoms. The fourth-order valence-corrected chi connectivity index (χ4v) is 1.45. The Hall–Kier alpha value is -0.220. The first kappa shape index (κ1) is 14.8. The van der Waals surface area contributed by atoms with Crippen molar-refractivity contribution >= 4 is 17.7 Å². The number of hydrogen-bond acceptors (Lipinski definition) is 3. The van der Waals surface area contributed by atoms with Gasteiger partial charge in [-0.05, 0) is 5.92 Å². The molecule has 0 aromatic heterocycles. The van der Waals surface area contributed by atoms with Crippen molar-refractivity contribution in [2.24, 2.45) is 5.92 Å². The number of thioether (sulfide) groups is 1. The molecule has 0 bridgehead atoms. The molecular weight excluding hydrogens is 210 g/mol. The zero-order valence-electron chi connectivity index (χ0n) is 10.3. The summed E-state index contributed by atoms with van der Waals surface area (Å²) in [5, 5.41) is 12.2. The van der Waals surface area contributed by atoms with E-state index in [1.807, 2.05) is 13.8 Å². The SMILES string of the molecule is CC(C)[C@H](O)CNC(=O)CSC(C)(C)C. The van der Waals surface area contributed by atoms with Gasteiger partial charge in [0.2, 0.25) is 5.91 Å². The Morgan fingerprint density at radius 3 is 2.33 bits per heavy atom. The predicted molar refractivity (Wildman–Crippen MR) is 66.1 cm³/mol. The second kappa shape index (κ2) is 6.38. The molecule has 15 heavy (non-hydrogen) atoms. The van der Waals surface area contributed by atoms with E-state index in [4.69, 9.17) is 0 Å². The van der Waals surface area contributed by atoms with Crippen LogP contribution >= 0.6 is 11.8 Å². The lowest BCUT2D eigenvalue weighted by atomic mass is 10.1. The van der Waals surface area contributed by atoms with Crippen molar-refractivity contribution in [2.45, 2.75) is 45.5 Å². The summed E-state index contributed by atoms with van der Waals surface area (Å²) in [6.45, 7) is 10.4. The molecule has 90 valence electrons. The number of nitrogens with one attached hydrogen (secondary N) is 1. The Kier molecular flexibility index (Phi) is 6.29. The monoisotopic (exact) mass is 233 g/mol. The van der Waals surface area contributed by atoms with Crippen molar-refractivity contribution in [2.75, 3.05) is 12.3 Å². The van der Waals surface area contributed by atoms with Gasteiger partial charge in [0, 0.05) is 11.3 Å². The first-order chi connectivity index (χ1) is 6.72. The van der Waals surface area contributed by atoms with E-state index >= 15 is 0 Å². The largest absolute Gasteiger partial charge is 0.391 e. The number of aliphatic hydroxyl groups is 1.